The van der Waals surface area contributed by atoms with E-state index in [1.807, 2.05) is 6.07 Å². The van der Waals surface area contributed by atoms with Crippen LogP contribution in [0.15, 0.2) is 33.6 Å². The van der Waals surface area contributed by atoms with E-state index >= 15 is 0 Å². The number of aromatic nitrogens is 2. The molecule has 0 radical (unpaired) electrons. The molecule has 0 saturated heterocycles. The molecule has 1 saturated carbocycles. The first-order valence-electron chi connectivity index (χ1n) is 7.09. The van der Waals surface area contributed by atoms with Crippen LogP contribution in [0.2, 0.25) is 0 Å². The molecule has 116 valence electrons. The number of rotatable bonds is 5. The standard InChI is InChI=1S/C15H16FN3O3/c1-9(8-16)17-13(20)15(5-6-15)11-4-2-3-10(7-11)12-18-14(21)22-19-12/h2-4,7,9H,5-6,8H2,1H3,(H,17,20)(H,18,19,21). The first-order chi connectivity index (χ1) is 10.5. The number of carbonyl (C=O) groups is 1. The van der Waals surface area contributed by atoms with Gasteiger partial charge in [0, 0.05) is 5.56 Å². The van der Waals surface area contributed by atoms with Crippen molar-refractivity contribution < 1.29 is 13.7 Å². The van der Waals surface area contributed by atoms with Crippen LogP contribution in [-0.2, 0) is 10.2 Å². The first kappa shape index (κ1) is 14.5. The molecular weight excluding hydrogens is 289 g/mol. The van der Waals surface area contributed by atoms with Crippen LogP contribution in [0.25, 0.3) is 11.4 Å². The van der Waals surface area contributed by atoms with E-state index in [0.29, 0.717) is 11.4 Å². The van der Waals surface area contributed by atoms with Crippen molar-refractivity contribution in [2.45, 2.75) is 31.2 Å². The lowest BCUT2D eigenvalue weighted by Crippen LogP contribution is -2.41. The largest absolute Gasteiger partial charge is 0.439 e. The van der Waals surface area contributed by atoms with Crippen molar-refractivity contribution in [1.29, 1.82) is 0 Å². The van der Waals surface area contributed by atoms with Crippen LogP contribution in [0.1, 0.15) is 25.3 Å². The molecule has 0 spiro atoms. The Balaban J connectivity index is 1.89. The normalized spacial score (nSPS) is 17.0. The van der Waals surface area contributed by atoms with Gasteiger partial charge in [0.05, 0.1) is 11.5 Å². The second kappa shape index (κ2) is 5.40. The smallest absolute Gasteiger partial charge is 0.350 e. The third kappa shape index (κ3) is 2.54. The number of H-pyrrole nitrogens is 1. The summed E-state index contributed by atoms with van der Waals surface area (Å²) in [6, 6.07) is 6.73. The summed E-state index contributed by atoms with van der Waals surface area (Å²) < 4.78 is 17.1. The van der Waals surface area contributed by atoms with Crippen LogP contribution in [0.4, 0.5) is 4.39 Å². The van der Waals surface area contributed by atoms with Gasteiger partial charge in [-0.05, 0) is 31.4 Å². The Bertz CT molecular complexity index is 748. The van der Waals surface area contributed by atoms with Gasteiger partial charge in [-0.1, -0.05) is 23.4 Å². The Morgan fingerprint density at radius 2 is 2.32 bits per heavy atom. The van der Waals surface area contributed by atoms with E-state index in [4.69, 9.17) is 0 Å². The number of alkyl halides is 1. The van der Waals surface area contributed by atoms with E-state index in [-0.39, 0.29) is 5.91 Å². The SMILES string of the molecule is CC(CF)NC(=O)C1(c2cccc(-c3noc(=O)[nH]3)c2)CC1. The van der Waals surface area contributed by atoms with Gasteiger partial charge in [0.1, 0.15) is 6.67 Å². The van der Waals surface area contributed by atoms with Gasteiger partial charge in [-0.25, -0.2) is 9.18 Å². The highest BCUT2D eigenvalue weighted by Crippen LogP contribution is 2.49. The van der Waals surface area contributed by atoms with Crippen LogP contribution in [0.3, 0.4) is 0 Å². The van der Waals surface area contributed by atoms with Gasteiger partial charge >= 0.3 is 5.76 Å². The third-order valence-electron chi connectivity index (χ3n) is 3.92. The maximum atomic E-state index is 12.6. The van der Waals surface area contributed by atoms with Crippen molar-refractivity contribution in [3.05, 3.63) is 40.4 Å². The number of halogens is 1. The van der Waals surface area contributed by atoms with Crippen LogP contribution < -0.4 is 11.1 Å². The average Bonchev–Trinajstić information content (AvgIpc) is 3.23. The predicted octanol–water partition coefficient (Wildman–Crippen LogP) is 1.54. The number of nitrogens with one attached hydrogen (secondary N) is 2. The fourth-order valence-electron chi connectivity index (χ4n) is 2.49. The van der Waals surface area contributed by atoms with Gasteiger partial charge in [-0.2, -0.15) is 0 Å². The summed E-state index contributed by atoms with van der Waals surface area (Å²) in [5, 5.41) is 6.33. The highest BCUT2D eigenvalue weighted by atomic mass is 19.1. The maximum absolute atomic E-state index is 12.6. The molecule has 0 aliphatic heterocycles. The van der Waals surface area contributed by atoms with Crippen molar-refractivity contribution >= 4 is 5.91 Å². The summed E-state index contributed by atoms with van der Waals surface area (Å²) in [4.78, 5) is 25.9. The summed E-state index contributed by atoms with van der Waals surface area (Å²) >= 11 is 0. The van der Waals surface area contributed by atoms with E-state index in [1.54, 1.807) is 25.1 Å². The Morgan fingerprint density at radius 3 is 2.91 bits per heavy atom. The average molecular weight is 305 g/mol. The van der Waals surface area contributed by atoms with Crippen molar-refractivity contribution in [1.82, 2.24) is 15.5 Å². The number of aromatic amines is 1. The summed E-state index contributed by atoms with van der Waals surface area (Å²) in [5.74, 6) is -0.473. The number of nitrogens with zero attached hydrogens (tertiary/aromatic N) is 1. The van der Waals surface area contributed by atoms with Crippen LogP contribution in [-0.4, -0.2) is 28.8 Å². The van der Waals surface area contributed by atoms with Crippen LogP contribution in [0.5, 0.6) is 0 Å². The van der Waals surface area contributed by atoms with Crippen molar-refractivity contribution in [2.24, 2.45) is 0 Å². The van der Waals surface area contributed by atoms with Gasteiger partial charge in [0.15, 0.2) is 5.82 Å². The number of benzene rings is 1. The molecule has 1 aliphatic carbocycles. The summed E-state index contributed by atoms with van der Waals surface area (Å²) in [5.41, 5.74) is 0.891. The summed E-state index contributed by atoms with van der Waals surface area (Å²) in [6.45, 7) is 1.03. The molecular formula is C15H16FN3O3. The molecule has 1 aliphatic rings. The molecule has 2 N–H and O–H groups in total. The van der Waals surface area contributed by atoms with Crippen LogP contribution >= 0.6 is 0 Å². The molecule has 1 aromatic heterocycles. The van der Waals surface area contributed by atoms with Crippen molar-refractivity contribution in [2.75, 3.05) is 6.67 Å². The Morgan fingerprint density at radius 1 is 1.55 bits per heavy atom. The quantitative estimate of drug-likeness (QED) is 0.877. The summed E-state index contributed by atoms with van der Waals surface area (Å²) in [7, 11) is 0. The number of hydrogen-bond acceptors (Lipinski definition) is 4. The van der Waals surface area contributed by atoms with E-state index in [0.717, 1.165) is 18.4 Å². The third-order valence-corrected chi connectivity index (χ3v) is 3.92. The molecule has 0 bridgehead atoms. The molecule has 1 unspecified atom stereocenters. The molecule has 22 heavy (non-hydrogen) atoms. The van der Waals surface area contributed by atoms with Gasteiger partial charge in [-0.3, -0.25) is 14.3 Å². The maximum Gasteiger partial charge on any atom is 0.439 e. The number of hydrogen-bond donors (Lipinski definition) is 2. The lowest BCUT2D eigenvalue weighted by molar-refractivity contribution is -0.124. The zero-order chi connectivity index (χ0) is 15.7. The van der Waals surface area contributed by atoms with Gasteiger partial charge < -0.3 is 5.32 Å². The predicted molar refractivity (Wildman–Crippen MR) is 77.1 cm³/mol. The molecule has 1 atom stereocenters. The first-order valence-corrected chi connectivity index (χ1v) is 7.09. The Kier molecular flexibility index (Phi) is 3.56. The molecule has 6 nitrogen and oxygen atoms in total. The van der Waals surface area contributed by atoms with E-state index in [2.05, 4.69) is 20.0 Å². The molecule has 3 rings (SSSR count). The van der Waals surface area contributed by atoms with E-state index in [9.17, 15) is 14.0 Å². The summed E-state index contributed by atoms with van der Waals surface area (Å²) in [6.07, 6.45) is 1.44. The fourth-order valence-corrected chi connectivity index (χ4v) is 2.49. The van der Waals surface area contributed by atoms with Gasteiger partial charge in [-0.15, -0.1) is 0 Å². The van der Waals surface area contributed by atoms with Crippen molar-refractivity contribution in [3.8, 4) is 11.4 Å². The zero-order valence-corrected chi connectivity index (χ0v) is 12.1. The molecule has 1 heterocycles. The lowest BCUT2D eigenvalue weighted by Gasteiger charge is -2.18. The van der Waals surface area contributed by atoms with Gasteiger partial charge in [0.2, 0.25) is 5.91 Å². The minimum absolute atomic E-state index is 0.163. The number of amides is 1. The van der Waals surface area contributed by atoms with Gasteiger partial charge in [0.25, 0.3) is 0 Å². The minimum atomic E-state index is -0.629. The zero-order valence-electron chi connectivity index (χ0n) is 12.1. The second-order valence-electron chi connectivity index (χ2n) is 5.64. The molecule has 1 amide bonds. The molecule has 2 aromatic rings. The highest BCUT2D eigenvalue weighted by molar-refractivity contribution is 5.91. The van der Waals surface area contributed by atoms with Crippen LogP contribution in [0, 0.1) is 0 Å². The topological polar surface area (TPSA) is 88.0 Å². The molecule has 7 heteroatoms. The van der Waals surface area contributed by atoms with E-state index < -0.39 is 23.9 Å². The highest BCUT2D eigenvalue weighted by Gasteiger charge is 2.51. The Labute approximate surface area is 125 Å². The Hall–Kier alpha value is -2.44. The second-order valence-corrected chi connectivity index (χ2v) is 5.64. The lowest BCUT2D eigenvalue weighted by atomic mass is 9.93. The molecule has 1 aromatic carbocycles. The number of carbonyl (C=O) groups excluding carboxylic acids is 1. The minimum Gasteiger partial charge on any atom is -0.350 e. The molecule has 1 fully saturated rings. The monoisotopic (exact) mass is 305 g/mol. The fraction of sp³-hybridized carbons (Fsp3) is 0.400. The van der Waals surface area contributed by atoms with E-state index in [1.165, 1.54) is 0 Å². The van der Waals surface area contributed by atoms with Crippen molar-refractivity contribution in [3.63, 3.8) is 0 Å².